The van der Waals surface area contributed by atoms with E-state index in [2.05, 4.69) is 32.7 Å². The van der Waals surface area contributed by atoms with Crippen molar-refractivity contribution >= 4 is 44.0 Å². The van der Waals surface area contributed by atoms with Gasteiger partial charge in [0.15, 0.2) is 5.13 Å². The molecule has 1 aliphatic rings. The second-order valence-corrected chi connectivity index (χ2v) is 11.0. The van der Waals surface area contributed by atoms with Crippen LogP contribution in [-0.2, 0) is 19.6 Å². The molecule has 0 radical (unpaired) electrons. The zero-order valence-electron chi connectivity index (χ0n) is 19.4. The maximum absolute atomic E-state index is 12.3. The molecule has 186 valence electrons. The number of amides is 2. The van der Waals surface area contributed by atoms with Crippen molar-refractivity contribution in [3.05, 3.63) is 53.7 Å². The monoisotopic (exact) mass is 517 g/mol. The van der Waals surface area contributed by atoms with Gasteiger partial charge in [0.25, 0.3) is 5.91 Å². The summed E-state index contributed by atoms with van der Waals surface area (Å²) in [5.41, 5.74) is 2.95. The van der Waals surface area contributed by atoms with Gasteiger partial charge in [0, 0.05) is 49.2 Å². The fraction of sp³-hybridized carbons (Fsp3) is 0.348. The number of nitrogens with one attached hydrogen (secondary N) is 2. The number of methoxy groups -OCH3 is 1. The van der Waals surface area contributed by atoms with Crippen molar-refractivity contribution in [1.29, 1.82) is 0 Å². The van der Waals surface area contributed by atoms with Crippen LogP contribution >= 0.6 is 11.3 Å². The molecule has 0 aliphatic carbocycles. The second-order valence-electron chi connectivity index (χ2n) is 8.26. The summed E-state index contributed by atoms with van der Waals surface area (Å²) in [5.74, 6) is -0.984. The third kappa shape index (κ3) is 6.27. The van der Waals surface area contributed by atoms with Crippen molar-refractivity contribution in [1.82, 2.24) is 14.3 Å². The standard InChI is InChI=1S/C23H27N5O5S2/c1-33-19-7-4-9-27(14-19)18-6-3-5-16(11-18)20-15-34-23(25-20)26-21(29)12-24-22(30)17-8-10-28(13-17)35(2,31)32/h3,5-6,8,10-11,13,15,19H,4,7,9,12,14H2,1-2H3,(H,24,30)(H,25,26,29)/t19-/m0/s1. The van der Waals surface area contributed by atoms with Crippen LogP contribution in [-0.4, -0.2) is 68.3 Å². The van der Waals surface area contributed by atoms with E-state index >= 15 is 0 Å². The largest absolute Gasteiger partial charge is 0.380 e. The van der Waals surface area contributed by atoms with Crippen LogP contribution in [0.3, 0.4) is 0 Å². The summed E-state index contributed by atoms with van der Waals surface area (Å²) in [6, 6.07) is 9.50. The maximum Gasteiger partial charge on any atom is 0.253 e. The van der Waals surface area contributed by atoms with Crippen LogP contribution in [0, 0.1) is 0 Å². The molecule has 1 saturated heterocycles. The second kappa shape index (κ2) is 10.6. The molecule has 2 N–H and O–H groups in total. The smallest absolute Gasteiger partial charge is 0.253 e. The number of rotatable bonds is 8. The number of ether oxygens (including phenoxy) is 1. The van der Waals surface area contributed by atoms with Gasteiger partial charge < -0.3 is 20.3 Å². The lowest BCUT2D eigenvalue weighted by Crippen LogP contribution is -2.39. The van der Waals surface area contributed by atoms with Gasteiger partial charge >= 0.3 is 0 Å². The maximum atomic E-state index is 12.3. The van der Waals surface area contributed by atoms with Crippen molar-refractivity contribution in [2.45, 2.75) is 18.9 Å². The first kappa shape index (κ1) is 24.9. The molecule has 1 aliphatic heterocycles. The van der Waals surface area contributed by atoms with Crippen LogP contribution in [0.2, 0.25) is 0 Å². The van der Waals surface area contributed by atoms with E-state index in [1.54, 1.807) is 7.11 Å². The fourth-order valence-electron chi connectivity index (χ4n) is 3.83. The summed E-state index contributed by atoms with van der Waals surface area (Å²) >= 11 is 1.30. The van der Waals surface area contributed by atoms with Gasteiger partial charge in [-0.1, -0.05) is 12.1 Å². The Labute approximate surface area is 208 Å². The lowest BCUT2D eigenvalue weighted by atomic mass is 10.1. The molecule has 2 aromatic heterocycles. The first-order valence-electron chi connectivity index (χ1n) is 11.0. The summed E-state index contributed by atoms with van der Waals surface area (Å²) < 4.78 is 29.5. The van der Waals surface area contributed by atoms with Gasteiger partial charge in [-0.15, -0.1) is 11.3 Å². The minimum atomic E-state index is -3.48. The van der Waals surface area contributed by atoms with E-state index in [1.807, 2.05) is 17.5 Å². The summed E-state index contributed by atoms with van der Waals surface area (Å²) in [5, 5.41) is 7.45. The zero-order chi connectivity index (χ0) is 25.0. The highest BCUT2D eigenvalue weighted by Gasteiger charge is 2.20. The Kier molecular flexibility index (Phi) is 7.53. The van der Waals surface area contributed by atoms with E-state index in [9.17, 15) is 18.0 Å². The van der Waals surface area contributed by atoms with E-state index in [-0.39, 0.29) is 18.2 Å². The highest BCUT2D eigenvalue weighted by Crippen LogP contribution is 2.29. The number of piperidine rings is 1. The Morgan fingerprint density at radius 1 is 1.29 bits per heavy atom. The van der Waals surface area contributed by atoms with Crippen LogP contribution in [0.25, 0.3) is 11.3 Å². The number of hydrogen-bond acceptors (Lipinski definition) is 8. The SMILES string of the molecule is CO[C@H]1CCCN(c2cccc(-c3csc(NC(=O)CNC(=O)c4ccn(S(C)(=O)=O)c4)n3)c2)C1. The molecule has 2 amide bonds. The van der Waals surface area contributed by atoms with Gasteiger partial charge in [0.2, 0.25) is 15.9 Å². The molecule has 0 spiro atoms. The minimum Gasteiger partial charge on any atom is -0.380 e. The van der Waals surface area contributed by atoms with Gasteiger partial charge in [-0.25, -0.2) is 13.4 Å². The number of carbonyl (C=O) groups excluding carboxylic acids is 2. The average Bonchev–Trinajstić information content (AvgIpc) is 3.53. The molecule has 35 heavy (non-hydrogen) atoms. The Morgan fingerprint density at radius 3 is 2.86 bits per heavy atom. The van der Waals surface area contributed by atoms with Crippen molar-refractivity contribution in [3.8, 4) is 11.3 Å². The van der Waals surface area contributed by atoms with Gasteiger partial charge in [0.1, 0.15) is 0 Å². The van der Waals surface area contributed by atoms with Crippen molar-refractivity contribution in [2.24, 2.45) is 0 Å². The minimum absolute atomic E-state index is 0.144. The van der Waals surface area contributed by atoms with Crippen LogP contribution in [0.4, 0.5) is 10.8 Å². The molecule has 10 nitrogen and oxygen atoms in total. The predicted molar refractivity (Wildman–Crippen MR) is 135 cm³/mol. The molecule has 1 fully saturated rings. The van der Waals surface area contributed by atoms with E-state index in [1.165, 1.54) is 29.8 Å². The Hall–Kier alpha value is -3.22. The Balaban J connectivity index is 1.34. The van der Waals surface area contributed by atoms with Gasteiger partial charge in [-0.2, -0.15) is 0 Å². The molecule has 4 rings (SSSR count). The highest BCUT2D eigenvalue weighted by molar-refractivity contribution is 7.89. The molecular formula is C23H27N5O5S2. The van der Waals surface area contributed by atoms with Crippen LogP contribution in [0.1, 0.15) is 23.2 Å². The number of hydrogen-bond donors (Lipinski definition) is 2. The first-order valence-corrected chi connectivity index (χ1v) is 13.8. The number of nitrogens with zero attached hydrogens (tertiary/aromatic N) is 3. The summed E-state index contributed by atoms with van der Waals surface area (Å²) in [6.45, 7) is 1.55. The molecule has 12 heteroatoms. The molecule has 0 saturated carbocycles. The number of benzene rings is 1. The summed E-state index contributed by atoms with van der Waals surface area (Å²) in [7, 11) is -1.73. The zero-order valence-corrected chi connectivity index (χ0v) is 21.1. The lowest BCUT2D eigenvalue weighted by Gasteiger charge is -2.33. The molecule has 3 aromatic rings. The third-order valence-electron chi connectivity index (χ3n) is 5.69. The lowest BCUT2D eigenvalue weighted by molar-refractivity contribution is -0.115. The number of anilines is 2. The van der Waals surface area contributed by atoms with Crippen LogP contribution < -0.4 is 15.5 Å². The number of thiazole rings is 1. The normalized spacial score (nSPS) is 16.2. The van der Waals surface area contributed by atoms with Crippen molar-refractivity contribution < 1.29 is 22.7 Å². The first-order chi connectivity index (χ1) is 16.7. The molecule has 1 atom stereocenters. The average molecular weight is 518 g/mol. The molecule has 0 bridgehead atoms. The summed E-state index contributed by atoms with van der Waals surface area (Å²) in [4.78, 5) is 31.3. The number of carbonyl (C=O) groups is 2. The van der Waals surface area contributed by atoms with E-state index in [4.69, 9.17) is 4.74 Å². The Bertz CT molecular complexity index is 1320. The highest BCUT2D eigenvalue weighted by atomic mass is 32.2. The van der Waals surface area contributed by atoms with E-state index < -0.39 is 21.8 Å². The van der Waals surface area contributed by atoms with E-state index in [0.717, 1.165) is 53.1 Å². The van der Waals surface area contributed by atoms with E-state index in [0.29, 0.717) is 5.13 Å². The van der Waals surface area contributed by atoms with Crippen molar-refractivity contribution in [2.75, 3.05) is 43.2 Å². The molecular weight excluding hydrogens is 490 g/mol. The predicted octanol–water partition coefficient (Wildman–Crippen LogP) is 2.40. The van der Waals surface area contributed by atoms with Crippen LogP contribution in [0.5, 0.6) is 0 Å². The molecule has 0 unspecified atom stereocenters. The fourth-order valence-corrected chi connectivity index (χ4v) is 5.16. The van der Waals surface area contributed by atoms with Crippen LogP contribution in [0.15, 0.2) is 48.1 Å². The van der Waals surface area contributed by atoms with Gasteiger partial charge in [-0.3, -0.25) is 13.6 Å². The number of aromatic nitrogens is 2. The molecule has 3 heterocycles. The Morgan fingerprint density at radius 2 is 2.11 bits per heavy atom. The quantitative estimate of drug-likeness (QED) is 0.470. The van der Waals surface area contributed by atoms with Crippen molar-refractivity contribution in [3.63, 3.8) is 0 Å². The topological polar surface area (TPSA) is 123 Å². The van der Waals surface area contributed by atoms with Gasteiger partial charge in [-0.05, 0) is 31.0 Å². The third-order valence-corrected chi connectivity index (χ3v) is 7.44. The molecule has 1 aromatic carbocycles. The summed E-state index contributed by atoms with van der Waals surface area (Å²) in [6.07, 6.45) is 5.88. The van der Waals surface area contributed by atoms with Gasteiger partial charge in [0.05, 0.1) is 30.2 Å².